The highest BCUT2D eigenvalue weighted by Gasteiger charge is 2.43. The molecule has 0 saturated carbocycles. The fraction of sp³-hybridized carbons (Fsp3) is 0.267. The first-order chi connectivity index (χ1) is 9.44. The van der Waals surface area contributed by atoms with E-state index in [2.05, 4.69) is 0 Å². The number of hydrogen-bond acceptors (Lipinski definition) is 5. The molecule has 0 amide bonds. The Bertz CT molecular complexity index is 788. The fourth-order valence-electron chi connectivity index (χ4n) is 2.51. The van der Waals surface area contributed by atoms with E-state index in [4.69, 9.17) is 14.6 Å². The maximum absolute atomic E-state index is 12.4. The van der Waals surface area contributed by atoms with Crippen molar-refractivity contribution in [2.75, 3.05) is 0 Å². The second-order valence-electron chi connectivity index (χ2n) is 5.27. The van der Waals surface area contributed by atoms with Gasteiger partial charge in [0.15, 0.2) is 11.4 Å². The first kappa shape index (κ1) is 12.6. The van der Waals surface area contributed by atoms with Crippen LogP contribution in [0.4, 0.5) is 0 Å². The number of ketones is 1. The van der Waals surface area contributed by atoms with Crippen molar-refractivity contribution < 1.29 is 13.9 Å². The molecule has 0 bridgehead atoms. The van der Waals surface area contributed by atoms with Gasteiger partial charge in [-0.25, -0.2) is 4.79 Å². The second-order valence-corrected chi connectivity index (χ2v) is 5.27. The lowest BCUT2D eigenvalue weighted by atomic mass is 9.83. The van der Waals surface area contributed by atoms with Crippen LogP contribution in [0.3, 0.4) is 0 Å². The van der Waals surface area contributed by atoms with E-state index in [0.717, 1.165) is 6.21 Å². The number of ether oxygens (including phenoxy) is 1. The van der Waals surface area contributed by atoms with Gasteiger partial charge in [0.05, 0.1) is 11.5 Å². The van der Waals surface area contributed by atoms with Gasteiger partial charge in [-0.3, -0.25) is 4.79 Å². The number of hydrogen-bond donors (Lipinski definition) is 1. The van der Waals surface area contributed by atoms with Crippen LogP contribution in [0.25, 0.3) is 11.0 Å². The van der Waals surface area contributed by atoms with Crippen molar-refractivity contribution in [1.29, 1.82) is 5.41 Å². The van der Waals surface area contributed by atoms with Crippen LogP contribution in [-0.4, -0.2) is 17.6 Å². The molecule has 1 aliphatic rings. The molecule has 0 spiro atoms. The van der Waals surface area contributed by atoms with Crippen LogP contribution < -0.4 is 10.4 Å². The largest absolute Gasteiger partial charge is 0.480 e. The molecule has 1 atom stereocenters. The topological polar surface area (TPSA) is 80.4 Å². The molecule has 0 fully saturated rings. The smallest absolute Gasteiger partial charge is 0.336 e. The van der Waals surface area contributed by atoms with Gasteiger partial charge < -0.3 is 14.6 Å². The van der Waals surface area contributed by atoms with Gasteiger partial charge in [-0.15, -0.1) is 0 Å². The van der Waals surface area contributed by atoms with Crippen LogP contribution in [-0.2, 0) is 4.79 Å². The van der Waals surface area contributed by atoms with Crippen molar-refractivity contribution in [2.45, 2.75) is 25.4 Å². The molecule has 2 heterocycles. The molecule has 2 aromatic rings. The Hall–Kier alpha value is -2.43. The molecule has 3 rings (SSSR count). The number of rotatable bonds is 1. The van der Waals surface area contributed by atoms with Crippen LogP contribution in [0.1, 0.15) is 25.3 Å². The van der Waals surface area contributed by atoms with E-state index in [9.17, 15) is 9.59 Å². The van der Waals surface area contributed by atoms with E-state index in [-0.39, 0.29) is 5.78 Å². The molecule has 5 nitrogen and oxygen atoms in total. The molecule has 0 aliphatic carbocycles. The zero-order valence-electron chi connectivity index (χ0n) is 11.1. The zero-order valence-corrected chi connectivity index (χ0v) is 11.1. The lowest BCUT2D eigenvalue weighted by Gasteiger charge is -2.34. The Morgan fingerprint density at radius 3 is 2.60 bits per heavy atom. The third-order valence-corrected chi connectivity index (χ3v) is 3.51. The van der Waals surface area contributed by atoms with Crippen molar-refractivity contribution in [3.05, 3.63) is 40.2 Å². The van der Waals surface area contributed by atoms with Crippen LogP contribution in [0.15, 0.2) is 33.5 Å². The minimum absolute atomic E-state index is 0.223. The summed E-state index contributed by atoms with van der Waals surface area (Å²) in [5, 5.41) is 8.24. The zero-order chi connectivity index (χ0) is 14.5. The monoisotopic (exact) mass is 271 g/mol. The van der Waals surface area contributed by atoms with Crippen molar-refractivity contribution in [3.8, 4) is 5.75 Å². The molecular formula is C15H13NO4. The Morgan fingerprint density at radius 2 is 1.90 bits per heavy atom. The summed E-state index contributed by atoms with van der Waals surface area (Å²) in [4.78, 5) is 23.8. The SMILES string of the molecule is CC1(C)Oc2ccc3ccc(=O)oc3c2[C@@H](C=N)C1=O. The van der Waals surface area contributed by atoms with Crippen molar-refractivity contribution >= 4 is 23.0 Å². The van der Waals surface area contributed by atoms with E-state index < -0.39 is 17.1 Å². The average molecular weight is 271 g/mol. The predicted molar refractivity (Wildman–Crippen MR) is 73.7 cm³/mol. The third-order valence-electron chi connectivity index (χ3n) is 3.51. The summed E-state index contributed by atoms with van der Waals surface area (Å²) < 4.78 is 10.9. The molecule has 1 N–H and O–H groups in total. The number of nitrogens with one attached hydrogen (secondary N) is 1. The van der Waals surface area contributed by atoms with Gasteiger partial charge in [-0.1, -0.05) is 0 Å². The summed E-state index contributed by atoms with van der Waals surface area (Å²) in [6, 6.07) is 6.46. The number of fused-ring (bicyclic) bond motifs is 3. The highest BCUT2D eigenvalue weighted by molar-refractivity contribution is 6.08. The van der Waals surface area contributed by atoms with Crippen LogP contribution in [0.5, 0.6) is 5.75 Å². The van der Waals surface area contributed by atoms with Crippen LogP contribution >= 0.6 is 0 Å². The molecule has 0 radical (unpaired) electrons. The van der Waals surface area contributed by atoms with E-state index in [1.807, 2.05) is 0 Å². The van der Waals surface area contributed by atoms with Crippen molar-refractivity contribution in [1.82, 2.24) is 0 Å². The lowest BCUT2D eigenvalue weighted by molar-refractivity contribution is -0.133. The Morgan fingerprint density at radius 1 is 1.20 bits per heavy atom. The third kappa shape index (κ3) is 1.66. The molecule has 1 aliphatic heterocycles. The maximum Gasteiger partial charge on any atom is 0.336 e. The fourth-order valence-corrected chi connectivity index (χ4v) is 2.51. The molecule has 102 valence electrons. The second kappa shape index (κ2) is 4.03. The van der Waals surface area contributed by atoms with Crippen LogP contribution in [0, 0.1) is 5.41 Å². The lowest BCUT2D eigenvalue weighted by Crippen LogP contribution is -2.45. The highest BCUT2D eigenvalue weighted by atomic mass is 16.5. The summed E-state index contributed by atoms with van der Waals surface area (Å²) in [6.45, 7) is 3.33. The van der Waals surface area contributed by atoms with Gasteiger partial charge >= 0.3 is 5.63 Å². The summed E-state index contributed by atoms with van der Waals surface area (Å²) in [5.74, 6) is -0.507. The number of benzene rings is 1. The first-order valence-electron chi connectivity index (χ1n) is 6.25. The van der Waals surface area contributed by atoms with E-state index in [1.54, 1.807) is 32.0 Å². The molecule has 1 aromatic carbocycles. The van der Waals surface area contributed by atoms with Gasteiger partial charge in [0.25, 0.3) is 0 Å². The van der Waals surface area contributed by atoms with Gasteiger partial charge in [-0.2, -0.15) is 0 Å². The van der Waals surface area contributed by atoms with E-state index in [1.165, 1.54) is 6.07 Å². The van der Waals surface area contributed by atoms with Crippen LogP contribution in [0.2, 0.25) is 0 Å². The average Bonchev–Trinajstić information content (AvgIpc) is 2.40. The van der Waals surface area contributed by atoms with Crippen molar-refractivity contribution in [3.63, 3.8) is 0 Å². The molecule has 1 aromatic heterocycles. The number of carbonyl (C=O) groups excluding carboxylic acids is 1. The van der Waals surface area contributed by atoms with Gasteiger partial charge in [0.2, 0.25) is 0 Å². The summed E-state index contributed by atoms with van der Waals surface area (Å²) in [6.07, 6.45) is 1.07. The highest BCUT2D eigenvalue weighted by Crippen LogP contribution is 2.41. The maximum atomic E-state index is 12.4. The minimum Gasteiger partial charge on any atom is -0.480 e. The minimum atomic E-state index is -1.00. The molecular weight excluding hydrogens is 258 g/mol. The summed E-state index contributed by atoms with van der Waals surface area (Å²) >= 11 is 0. The summed E-state index contributed by atoms with van der Waals surface area (Å²) in [5.41, 5.74) is -0.725. The normalized spacial score (nSPS) is 20.3. The standard InChI is InChI=1S/C15H13NO4/c1-15(2)14(18)9(7-16)12-10(20-15)5-3-8-4-6-11(17)19-13(8)12/h3-7,9,16H,1-2H3/t9-/m1/s1. The summed E-state index contributed by atoms with van der Waals surface area (Å²) in [7, 11) is 0. The first-order valence-corrected chi connectivity index (χ1v) is 6.25. The van der Waals surface area contributed by atoms with Gasteiger partial charge in [0, 0.05) is 17.7 Å². The number of carbonyl (C=O) groups is 1. The number of Topliss-reactive ketones (excluding diaryl/α,β-unsaturated/α-hetero) is 1. The van der Waals surface area contributed by atoms with Gasteiger partial charge in [0.1, 0.15) is 11.3 Å². The predicted octanol–water partition coefficient (Wildman–Crippen LogP) is 2.27. The Labute approximate surface area is 114 Å². The quantitative estimate of drug-likeness (QED) is 0.637. The molecule has 0 saturated heterocycles. The molecule has 20 heavy (non-hydrogen) atoms. The van der Waals surface area contributed by atoms with Crippen molar-refractivity contribution in [2.24, 2.45) is 0 Å². The van der Waals surface area contributed by atoms with E-state index >= 15 is 0 Å². The molecule has 5 heteroatoms. The van der Waals surface area contributed by atoms with Gasteiger partial charge in [-0.05, 0) is 32.0 Å². The Balaban J connectivity index is 2.39. The Kier molecular flexibility index (Phi) is 2.54. The molecule has 0 unspecified atom stereocenters. The van der Waals surface area contributed by atoms with E-state index in [0.29, 0.717) is 22.3 Å².